The highest BCUT2D eigenvalue weighted by Crippen LogP contribution is 2.23. The molecule has 0 saturated carbocycles. The van der Waals surface area contributed by atoms with Crippen LogP contribution in [-0.2, 0) is 30.3 Å². The molecule has 9 nitrogen and oxygen atoms in total. The third kappa shape index (κ3) is 5.81. The van der Waals surface area contributed by atoms with Gasteiger partial charge in [-0.15, -0.1) is 0 Å². The molecule has 1 fully saturated rings. The van der Waals surface area contributed by atoms with Crippen LogP contribution in [0.5, 0.6) is 0 Å². The van der Waals surface area contributed by atoms with Crippen molar-refractivity contribution in [1.82, 2.24) is 4.90 Å². The maximum absolute atomic E-state index is 11.3. The highest BCUT2D eigenvalue weighted by atomic mass is 16.5. The Morgan fingerprint density at radius 3 is 2.43 bits per heavy atom. The quantitative estimate of drug-likeness (QED) is 0.443. The molecule has 126 valence electrons. The molecule has 9 heteroatoms. The van der Waals surface area contributed by atoms with E-state index < -0.39 is 11.9 Å². The van der Waals surface area contributed by atoms with Gasteiger partial charge in [0.15, 0.2) is 0 Å². The number of β-lactam (4-membered cyclic amide) rings is 1. The number of ether oxygens (including phenoxy) is 1. The SMILES string of the molecule is COC(=O)CN1C(=O)CC1CCc1ccco1.O=C(O)C(=O)O. The summed E-state index contributed by atoms with van der Waals surface area (Å²) in [4.78, 5) is 42.2. The Labute approximate surface area is 131 Å². The van der Waals surface area contributed by atoms with E-state index in [1.54, 1.807) is 11.2 Å². The van der Waals surface area contributed by atoms with Gasteiger partial charge in [-0.2, -0.15) is 0 Å². The Bertz CT molecular complexity index is 553. The molecule has 1 aromatic heterocycles. The lowest BCUT2D eigenvalue weighted by Crippen LogP contribution is -2.54. The zero-order valence-corrected chi connectivity index (χ0v) is 12.4. The van der Waals surface area contributed by atoms with Crippen molar-refractivity contribution in [2.45, 2.75) is 25.3 Å². The van der Waals surface area contributed by atoms with Crippen molar-refractivity contribution in [2.75, 3.05) is 13.7 Å². The number of esters is 1. The summed E-state index contributed by atoms with van der Waals surface area (Å²) in [6, 6.07) is 3.88. The maximum Gasteiger partial charge on any atom is 0.414 e. The highest BCUT2D eigenvalue weighted by Gasteiger charge is 2.36. The van der Waals surface area contributed by atoms with Crippen molar-refractivity contribution < 1.29 is 38.5 Å². The van der Waals surface area contributed by atoms with Gasteiger partial charge in [-0.1, -0.05) is 0 Å². The Hall–Kier alpha value is -2.84. The molecule has 1 aliphatic heterocycles. The van der Waals surface area contributed by atoms with Crippen molar-refractivity contribution in [3.8, 4) is 0 Å². The number of aryl methyl sites for hydroxylation is 1. The molecule has 1 saturated heterocycles. The molecular weight excluding hydrogens is 310 g/mol. The predicted octanol–water partition coefficient (Wildman–Crippen LogP) is 0.142. The maximum atomic E-state index is 11.3. The summed E-state index contributed by atoms with van der Waals surface area (Å²) in [6.45, 7) is 0.0537. The smallest absolute Gasteiger partial charge is 0.414 e. The van der Waals surface area contributed by atoms with E-state index in [1.807, 2.05) is 12.1 Å². The van der Waals surface area contributed by atoms with Gasteiger partial charge in [0, 0.05) is 18.9 Å². The van der Waals surface area contributed by atoms with Crippen LogP contribution in [-0.4, -0.2) is 58.6 Å². The van der Waals surface area contributed by atoms with Gasteiger partial charge in [-0.05, 0) is 18.6 Å². The first-order valence-corrected chi connectivity index (χ1v) is 6.70. The average Bonchev–Trinajstić information content (AvgIpc) is 3.02. The molecule has 0 bridgehead atoms. The molecule has 0 aromatic carbocycles. The number of furan rings is 1. The number of hydrogen-bond acceptors (Lipinski definition) is 6. The minimum absolute atomic E-state index is 0.0137. The number of hydrogen-bond donors (Lipinski definition) is 2. The molecule has 1 aliphatic rings. The van der Waals surface area contributed by atoms with Gasteiger partial charge in [0.05, 0.1) is 13.4 Å². The van der Waals surface area contributed by atoms with Crippen LogP contribution in [0, 0.1) is 0 Å². The molecular formula is C14H17NO8. The number of aliphatic carboxylic acids is 2. The van der Waals surface area contributed by atoms with E-state index in [9.17, 15) is 9.59 Å². The minimum atomic E-state index is -1.82. The van der Waals surface area contributed by atoms with Crippen LogP contribution in [0.1, 0.15) is 18.6 Å². The summed E-state index contributed by atoms with van der Waals surface area (Å²) < 4.78 is 9.77. The fourth-order valence-electron chi connectivity index (χ4n) is 1.96. The van der Waals surface area contributed by atoms with E-state index in [-0.39, 0.29) is 24.5 Å². The van der Waals surface area contributed by atoms with Crippen LogP contribution < -0.4 is 0 Å². The Morgan fingerprint density at radius 1 is 1.35 bits per heavy atom. The van der Waals surface area contributed by atoms with Gasteiger partial charge >= 0.3 is 17.9 Å². The Kier molecular flexibility index (Phi) is 6.78. The number of rotatable bonds is 5. The molecule has 1 atom stereocenters. The third-order valence-electron chi connectivity index (χ3n) is 3.19. The van der Waals surface area contributed by atoms with Crippen LogP contribution >= 0.6 is 0 Å². The van der Waals surface area contributed by atoms with Gasteiger partial charge in [0.2, 0.25) is 5.91 Å². The standard InChI is InChI=1S/C12H15NO4.C2H2O4/c1-16-12(15)8-13-9(7-11(13)14)4-5-10-3-2-6-17-10;3-1(4)2(5)6/h2-3,6,9H,4-5,7-8H2,1H3;(H,3,4)(H,5,6). The first-order chi connectivity index (χ1) is 10.8. The summed E-state index contributed by atoms with van der Waals surface area (Å²) in [5, 5.41) is 14.8. The number of methoxy groups -OCH3 is 1. The fourth-order valence-corrected chi connectivity index (χ4v) is 1.96. The van der Waals surface area contributed by atoms with E-state index in [2.05, 4.69) is 4.74 Å². The molecule has 2 rings (SSSR count). The van der Waals surface area contributed by atoms with E-state index in [4.69, 9.17) is 24.2 Å². The number of carboxylic acid groups (broad SMARTS) is 2. The van der Waals surface area contributed by atoms with Gasteiger partial charge in [0.1, 0.15) is 12.3 Å². The number of amides is 1. The van der Waals surface area contributed by atoms with Crippen molar-refractivity contribution in [3.63, 3.8) is 0 Å². The Morgan fingerprint density at radius 2 is 2.00 bits per heavy atom. The molecule has 1 amide bonds. The van der Waals surface area contributed by atoms with Crippen LogP contribution in [0.15, 0.2) is 22.8 Å². The van der Waals surface area contributed by atoms with Crippen LogP contribution in [0.3, 0.4) is 0 Å². The molecule has 2 N–H and O–H groups in total. The number of carbonyl (C=O) groups is 4. The number of likely N-dealkylation sites (tertiary alicyclic amines) is 1. The van der Waals surface area contributed by atoms with E-state index in [0.29, 0.717) is 6.42 Å². The predicted molar refractivity (Wildman–Crippen MR) is 74.4 cm³/mol. The average molecular weight is 327 g/mol. The van der Waals surface area contributed by atoms with E-state index in [1.165, 1.54) is 7.11 Å². The Balaban J connectivity index is 0.000000379. The van der Waals surface area contributed by atoms with Gasteiger partial charge in [0.25, 0.3) is 0 Å². The van der Waals surface area contributed by atoms with Crippen LogP contribution in [0.4, 0.5) is 0 Å². The highest BCUT2D eigenvalue weighted by molar-refractivity contribution is 6.27. The second-order valence-electron chi connectivity index (χ2n) is 4.68. The summed E-state index contributed by atoms with van der Waals surface area (Å²) >= 11 is 0. The minimum Gasteiger partial charge on any atom is -0.473 e. The molecule has 1 unspecified atom stereocenters. The summed E-state index contributed by atoms with van der Waals surface area (Å²) in [5.41, 5.74) is 0. The summed E-state index contributed by atoms with van der Waals surface area (Å²) in [5.74, 6) is -3.10. The molecule has 0 spiro atoms. The van der Waals surface area contributed by atoms with E-state index in [0.717, 1.165) is 18.6 Å². The second kappa shape index (κ2) is 8.57. The topological polar surface area (TPSA) is 134 Å². The van der Waals surface area contributed by atoms with Gasteiger partial charge < -0.3 is 24.3 Å². The fraction of sp³-hybridized carbons (Fsp3) is 0.429. The summed E-state index contributed by atoms with van der Waals surface area (Å²) in [7, 11) is 1.32. The summed E-state index contributed by atoms with van der Waals surface area (Å²) in [6.07, 6.45) is 3.74. The van der Waals surface area contributed by atoms with Crippen molar-refractivity contribution >= 4 is 23.8 Å². The van der Waals surface area contributed by atoms with Gasteiger partial charge in [-0.25, -0.2) is 9.59 Å². The second-order valence-corrected chi connectivity index (χ2v) is 4.68. The lowest BCUT2D eigenvalue weighted by Gasteiger charge is -2.39. The van der Waals surface area contributed by atoms with Gasteiger partial charge in [-0.3, -0.25) is 9.59 Å². The molecule has 2 heterocycles. The zero-order valence-electron chi connectivity index (χ0n) is 12.4. The molecule has 0 aliphatic carbocycles. The monoisotopic (exact) mass is 327 g/mol. The number of carboxylic acids is 2. The van der Waals surface area contributed by atoms with Crippen molar-refractivity contribution in [3.05, 3.63) is 24.2 Å². The van der Waals surface area contributed by atoms with Crippen LogP contribution in [0.25, 0.3) is 0 Å². The van der Waals surface area contributed by atoms with Crippen LogP contribution in [0.2, 0.25) is 0 Å². The number of nitrogens with zero attached hydrogens (tertiary/aromatic N) is 1. The number of carbonyl (C=O) groups excluding carboxylic acids is 2. The lowest BCUT2D eigenvalue weighted by molar-refractivity contribution is -0.159. The first-order valence-electron chi connectivity index (χ1n) is 6.70. The third-order valence-corrected chi connectivity index (χ3v) is 3.19. The lowest BCUT2D eigenvalue weighted by atomic mass is 9.96. The first kappa shape index (κ1) is 18.2. The normalized spacial score (nSPS) is 16.0. The van der Waals surface area contributed by atoms with Crippen molar-refractivity contribution in [2.24, 2.45) is 0 Å². The molecule has 0 radical (unpaired) electrons. The molecule has 23 heavy (non-hydrogen) atoms. The largest absolute Gasteiger partial charge is 0.473 e. The zero-order chi connectivity index (χ0) is 17.4. The van der Waals surface area contributed by atoms with Crippen molar-refractivity contribution in [1.29, 1.82) is 0 Å². The van der Waals surface area contributed by atoms with E-state index >= 15 is 0 Å². The molecule has 1 aromatic rings.